The van der Waals surface area contributed by atoms with E-state index in [-0.39, 0.29) is 87.7 Å². The van der Waals surface area contributed by atoms with E-state index in [1.807, 2.05) is 12.1 Å². The summed E-state index contributed by atoms with van der Waals surface area (Å²) in [5.41, 5.74) is 0.243. The number of nitriles is 2. The van der Waals surface area contributed by atoms with Gasteiger partial charge in [-0.05, 0) is 82.6 Å². The van der Waals surface area contributed by atoms with Crippen LogP contribution in [0.1, 0.15) is 51.3 Å². The van der Waals surface area contributed by atoms with Crippen molar-refractivity contribution in [1.29, 1.82) is 10.5 Å². The summed E-state index contributed by atoms with van der Waals surface area (Å²) in [6.45, 7) is 7.93. The van der Waals surface area contributed by atoms with Gasteiger partial charge in [0.05, 0.1) is 53.1 Å². The number of halogens is 1. The minimum atomic E-state index is -0.908. The van der Waals surface area contributed by atoms with Gasteiger partial charge >= 0.3 is 24.2 Å². The Labute approximate surface area is 313 Å². The van der Waals surface area contributed by atoms with Gasteiger partial charge in [-0.1, -0.05) is 0 Å². The summed E-state index contributed by atoms with van der Waals surface area (Å²) in [5.74, 6) is -1.28. The summed E-state index contributed by atoms with van der Waals surface area (Å²) in [4.78, 5) is 50.1. The molecule has 0 saturated heterocycles. The predicted octanol–water partition coefficient (Wildman–Crippen LogP) is 7.56. The number of hydrogen-bond acceptors (Lipinski definition) is 14. The van der Waals surface area contributed by atoms with Gasteiger partial charge in [-0.15, -0.1) is 0 Å². The van der Waals surface area contributed by atoms with Crippen LogP contribution >= 0.6 is 0 Å². The van der Waals surface area contributed by atoms with Crippen molar-refractivity contribution in [2.24, 2.45) is 0 Å². The molecule has 1 N–H and O–H groups in total. The van der Waals surface area contributed by atoms with Gasteiger partial charge in [0.2, 0.25) is 5.88 Å². The van der Waals surface area contributed by atoms with Gasteiger partial charge in [-0.25, -0.2) is 18.8 Å². The van der Waals surface area contributed by atoms with Gasteiger partial charge < -0.3 is 38.1 Å². The minimum absolute atomic E-state index is 0.0422. The van der Waals surface area contributed by atoms with Crippen LogP contribution < -0.4 is 19.1 Å². The van der Waals surface area contributed by atoms with Crippen molar-refractivity contribution >= 4 is 45.8 Å². The molecule has 0 radical (unpaired) electrons. The molecule has 0 fully saturated rings. The highest BCUT2D eigenvalue weighted by Crippen LogP contribution is 2.40. The molecule has 2 heterocycles. The van der Waals surface area contributed by atoms with E-state index in [0.29, 0.717) is 5.56 Å². The normalized spacial score (nSPS) is 10.9. The van der Waals surface area contributed by atoms with Crippen LogP contribution in [0, 0.1) is 28.5 Å². The largest absolute Gasteiger partial charge is 0.508 e. The summed E-state index contributed by atoms with van der Waals surface area (Å²) < 4.78 is 53.5. The van der Waals surface area contributed by atoms with Crippen LogP contribution in [-0.4, -0.2) is 65.6 Å². The Morgan fingerprint density at radius 1 is 0.855 bits per heavy atom. The molecule has 5 rings (SSSR count). The third-order valence-electron chi connectivity index (χ3n) is 7.29. The maximum atomic E-state index is 15.4. The Morgan fingerprint density at radius 2 is 1.53 bits per heavy atom. The SMILES string of the molecule is CCOC(=O)COc1cc(C#N)cc(Oc2nc(Oc3cc(C#N)cc(COC(=O)OCC)c3)c3c(n2)[nH]c2c(N(C)C(=O)OC(C)(C)C)cc(F)cc23)c1. The first-order chi connectivity index (χ1) is 26.2. The number of hydrogen-bond donors (Lipinski definition) is 1. The van der Waals surface area contributed by atoms with E-state index in [1.165, 1.54) is 49.5 Å². The van der Waals surface area contributed by atoms with E-state index in [1.54, 1.807) is 34.6 Å². The molecule has 0 atom stereocenters. The molecular weight excluding hydrogens is 719 g/mol. The number of carbonyl (C=O) groups excluding carboxylic acids is 3. The van der Waals surface area contributed by atoms with Crippen LogP contribution in [0.25, 0.3) is 21.9 Å². The van der Waals surface area contributed by atoms with Crippen molar-refractivity contribution in [3.63, 3.8) is 0 Å². The number of nitrogens with one attached hydrogen (secondary N) is 1. The highest BCUT2D eigenvalue weighted by Gasteiger charge is 2.26. The topological polar surface area (TPSA) is 208 Å². The maximum Gasteiger partial charge on any atom is 0.508 e. The highest BCUT2D eigenvalue weighted by atomic mass is 19.1. The maximum absolute atomic E-state index is 15.4. The lowest BCUT2D eigenvalue weighted by Crippen LogP contribution is -2.34. The Hall–Kier alpha value is -7.14. The summed E-state index contributed by atoms with van der Waals surface area (Å²) in [5, 5.41) is 19.8. The zero-order valence-electron chi connectivity index (χ0n) is 30.6. The number of amides is 1. The smallest absolute Gasteiger partial charge is 0.482 e. The average molecular weight is 755 g/mol. The molecule has 17 heteroatoms. The second kappa shape index (κ2) is 16.7. The molecule has 0 aliphatic heterocycles. The number of H-pyrrole nitrogens is 1. The fraction of sp³-hybridized carbons (Fsp3) is 0.289. The molecule has 3 aromatic carbocycles. The van der Waals surface area contributed by atoms with Gasteiger partial charge in [0.15, 0.2) is 6.61 Å². The van der Waals surface area contributed by atoms with Crippen molar-refractivity contribution in [1.82, 2.24) is 15.0 Å². The fourth-order valence-electron chi connectivity index (χ4n) is 5.12. The van der Waals surface area contributed by atoms with Gasteiger partial charge in [0.1, 0.15) is 40.9 Å². The Morgan fingerprint density at radius 3 is 2.20 bits per heavy atom. The molecule has 2 aromatic heterocycles. The number of fused-ring (bicyclic) bond motifs is 3. The molecule has 0 bridgehead atoms. The second-order valence-corrected chi connectivity index (χ2v) is 12.6. The van der Waals surface area contributed by atoms with E-state index < -0.39 is 36.2 Å². The number of rotatable bonds is 12. The van der Waals surface area contributed by atoms with Gasteiger partial charge in [0, 0.05) is 18.5 Å². The molecule has 0 unspecified atom stereocenters. The Kier molecular flexibility index (Phi) is 11.9. The molecule has 0 aliphatic rings. The second-order valence-electron chi connectivity index (χ2n) is 12.6. The number of aromatic nitrogens is 3. The fourth-order valence-corrected chi connectivity index (χ4v) is 5.12. The molecule has 0 spiro atoms. The van der Waals surface area contributed by atoms with Gasteiger partial charge in [0.25, 0.3) is 0 Å². The van der Waals surface area contributed by atoms with Crippen LogP contribution in [0.3, 0.4) is 0 Å². The summed E-state index contributed by atoms with van der Waals surface area (Å²) in [6, 6.07) is 14.6. The zero-order valence-corrected chi connectivity index (χ0v) is 30.6. The molecule has 16 nitrogen and oxygen atoms in total. The number of carbonyl (C=O) groups is 3. The van der Waals surface area contributed by atoms with E-state index in [9.17, 15) is 24.9 Å². The first-order valence-electron chi connectivity index (χ1n) is 16.7. The average Bonchev–Trinajstić information content (AvgIpc) is 3.50. The molecule has 284 valence electrons. The summed E-state index contributed by atoms with van der Waals surface area (Å²) >= 11 is 0. The highest BCUT2D eigenvalue weighted by molar-refractivity contribution is 6.14. The first kappa shape index (κ1) is 39.1. The summed E-state index contributed by atoms with van der Waals surface area (Å²) in [7, 11) is 1.42. The van der Waals surface area contributed by atoms with Crippen molar-refractivity contribution < 1.29 is 51.9 Å². The van der Waals surface area contributed by atoms with Crippen molar-refractivity contribution in [3.8, 4) is 41.3 Å². The van der Waals surface area contributed by atoms with Crippen LogP contribution in [-0.2, 0) is 30.3 Å². The standard InChI is InChI=1S/C38H35FN6O10/c1-7-49-30(46)20-51-25-10-22(18-41)12-27(16-25)54-35-43-33-31(28-14-24(39)15-29(32(28)42-33)45(6)36(47)55-38(3,4)5)34(44-35)53-26-11-21(17-40)9-23(13-26)19-52-37(48)50-8-2/h9-16H,7-8,19-20H2,1-6H3,(H,42,43,44). The lowest BCUT2D eigenvalue weighted by molar-refractivity contribution is -0.145. The van der Waals surface area contributed by atoms with E-state index >= 15 is 4.39 Å². The van der Waals surface area contributed by atoms with Gasteiger partial charge in [-0.2, -0.15) is 20.5 Å². The van der Waals surface area contributed by atoms with Crippen molar-refractivity contribution in [2.45, 2.75) is 46.8 Å². The quantitative estimate of drug-likeness (QED) is 0.0963. The monoisotopic (exact) mass is 754 g/mol. The first-order valence-corrected chi connectivity index (χ1v) is 16.7. The summed E-state index contributed by atoms with van der Waals surface area (Å²) in [6.07, 6.45) is -1.66. The molecular formula is C38H35FN6O10. The third-order valence-corrected chi connectivity index (χ3v) is 7.29. The van der Waals surface area contributed by atoms with E-state index in [2.05, 4.69) is 15.0 Å². The predicted molar refractivity (Wildman–Crippen MR) is 192 cm³/mol. The van der Waals surface area contributed by atoms with Crippen molar-refractivity contribution in [2.75, 3.05) is 31.8 Å². The molecule has 55 heavy (non-hydrogen) atoms. The zero-order chi connectivity index (χ0) is 39.9. The van der Waals surface area contributed by atoms with Crippen LogP contribution in [0.4, 0.5) is 19.7 Å². The van der Waals surface area contributed by atoms with Crippen LogP contribution in [0.5, 0.6) is 29.1 Å². The number of benzene rings is 3. The lowest BCUT2D eigenvalue weighted by Gasteiger charge is -2.25. The van der Waals surface area contributed by atoms with Crippen LogP contribution in [0.15, 0.2) is 48.5 Å². The van der Waals surface area contributed by atoms with Gasteiger partial charge in [-0.3, -0.25) is 4.90 Å². The third kappa shape index (κ3) is 9.85. The molecule has 0 saturated carbocycles. The molecule has 0 aliphatic carbocycles. The lowest BCUT2D eigenvalue weighted by atomic mass is 10.1. The number of nitrogens with zero attached hydrogens (tertiary/aromatic N) is 5. The Balaban J connectivity index is 1.64. The number of aromatic amines is 1. The van der Waals surface area contributed by atoms with Crippen LogP contribution in [0.2, 0.25) is 0 Å². The van der Waals surface area contributed by atoms with Crippen molar-refractivity contribution in [3.05, 3.63) is 71.0 Å². The number of ether oxygens (including phenoxy) is 7. The van der Waals surface area contributed by atoms with E-state index in [4.69, 9.17) is 33.2 Å². The number of anilines is 1. The Bertz CT molecular complexity index is 2360. The molecule has 1 amide bonds. The minimum Gasteiger partial charge on any atom is -0.482 e. The van der Waals surface area contributed by atoms with E-state index in [0.717, 1.165) is 11.0 Å². The number of esters is 1. The molecule has 5 aromatic rings.